The van der Waals surface area contributed by atoms with Gasteiger partial charge in [-0.1, -0.05) is 6.07 Å². The predicted octanol–water partition coefficient (Wildman–Crippen LogP) is 0.745. The van der Waals surface area contributed by atoms with E-state index >= 15 is 0 Å². The van der Waals surface area contributed by atoms with Crippen molar-refractivity contribution in [3.8, 4) is 0 Å². The van der Waals surface area contributed by atoms with Crippen LogP contribution in [0.15, 0.2) is 24.5 Å². The van der Waals surface area contributed by atoms with E-state index in [1.54, 1.807) is 0 Å². The molecule has 2 saturated heterocycles. The summed E-state index contributed by atoms with van der Waals surface area (Å²) in [6, 6.07) is 4.19. The molecule has 0 atom stereocenters. The maximum atomic E-state index is 5.47. The van der Waals surface area contributed by atoms with E-state index in [0.717, 1.165) is 52.6 Å². The van der Waals surface area contributed by atoms with Gasteiger partial charge in [-0.3, -0.25) is 14.8 Å². The molecule has 1 aromatic heterocycles. The number of aromatic nitrogens is 1. The molecule has 2 fully saturated rings. The molecule has 0 saturated carbocycles. The zero-order chi connectivity index (χ0) is 12.9. The summed E-state index contributed by atoms with van der Waals surface area (Å²) in [7, 11) is 0. The molecule has 3 rings (SSSR count). The van der Waals surface area contributed by atoms with Crippen LogP contribution < -0.4 is 0 Å². The molecule has 0 amide bonds. The van der Waals surface area contributed by atoms with E-state index in [4.69, 9.17) is 9.47 Å². The summed E-state index contributed by atoms with van der Waals surface area (Å²) >= 11 is 0. The van der Waals surface area contributed by atoms with Crippen LogP contribution in [0.2, 0.25) is 0 Å². The molecule has 19 heavy (non-hydrogen) atoms. The van der Waals surface area contributed by atoms with Crippen molar-refractivity contribution >= 4 is 0 Å². The van der Waals surface area contributed by atoms with Crippen LogP contribution in [0.25, 0.3) is 0 Å². The van der Waals surface area contributed by atoms with E-state index < -0.39 is 0 Å². The molecule has 0 unspecified atom stereocenters. The lowest BCUT2D eigenvalue weighted by Gasteiger charge is -2.42. The highest BCUT2D eigenvalue weighted by Crippen LogP contribution is 2.26. The van der Waals surface area contributed by atoms with Crippen molar-refractivity contribution in [2.24, 2.45) is 0 Å². The normalized spacial score (nSPS) is 22.8. The summed E-state index contributed by atoms with van der Waals surface area (Å²) in [5.41, 5.74) is 1.27. The molecule has 1 aromatic rings. The third-order valence-corrected chi connectivity index (χ3v) is 3.77. The Hall–Kier alpha value is -1.01. The fraction of sp³-hybridized carbons (Fsp3) is 0.643. The lowest BCUT2D eigenvalue weighted by Crippen LogP contribution is -2.50. The van der Waals surface area contributed by atoms with Crippen molar-refractivity contribution < 1.29 is 9.47 Å². The zero-order valence-corrected chi connectivity index (χ0v) is 11.2. The molecule has 3 heterocycles. The highest BCUT2D eigenvalue weighted by atomic mass is 16.5. The third kappa shape index (κ3) is 3.12. The Morgan fingerprint density at radius 1 is 0.947 bits per heavy atom. The Morgan fingerprint density at radius 3 is 2.00 bits per heavy atom. The average Bonchev–Trinajstić information content (AvgIpc) is 2.51. The van der Waals surface area contributed by atoms with Gasteiger partial charge in [0.05, 0.1) is 32.6 Å². The third-order valence-electron chi connectivity index (χ3n) is 3.77. The average molecular weight is 263 g/mol. The molecule has 5 heteroatoms. The van der Waals surface area contributed by atoms with Gasteiger partial charge in [-0.25, -0.2) is 0 Å². The quantitative estimate of drug-likeness (QED) is 0.804. The van der Waals surface area contributed by atoms with Gasteiger partial charge < -0.3 is 9.47 Å². The van der Waals surface area contributed by atoms with Crippen LogP contribution in [0.1, 0.15) is 11.7 Å². The van der Waals surface area contributed by atoms with Gasteiger partial charge in [0.2, 0.25) is 0 Å². The Labute approximate surface area is 114 Å². The summed E-state index contributed by atoms with van der Waals surface area (Å²) in [6.07, 6.45) is 4.12. The van der Waals surface area contributed by atoms with Crippen molar-refractivity contribution in [2.45, 2.75) is 6.17 Å². The molecule has 104 valence electrons. The highest BCUT2D eigenvalue weighted by molar-refractivity contribution is 5.14. The van der Waals surface area contributed by atoms with Gasteiger partial charge in [-0.15, -0.1) is 0 Å². The second-order valence-corrected chi connectivity index (χ2v) is 4.96. The number of ether oxygens (including phenoxy) is 2. The molecule has 0 spiro atoms. The summed E-state index contributed by atoms with van der Waals surface area (Å²) in [4.78, 5) is 9.26. The van der Waals surface area contributed by atoms with E-state index in [-0.39, 0.29) is 0 Å². The molecular weight excluding hydrogens is 242 g/mol. The standard InChI is InChI=1S/C14H21N3O2/c1-2-13(12-15-3-1)14(16-4-8-18-9-5-16)17-6-10-19-11-7-17/h1-3,12,14H,4-11H2. The summed E-state index contributed by atoms with van der Waals surface area (Å²) in [5.74, 6) is 0. The van der Waals surface area contributed by atoms with Crippen LogP contribution in [0.3, 0.4) is 0 Å². The van der Waals surface area contributed by atoms with Gasteiger partial charge in [-0.05, 0) is 6.07 Å². The van der Waals surface area contributed by atoms with Crippen LogP contribution in [-0.2, 0) is 9.47 Å². The van der Waals surface area contributed by atoms with E-state index in [0.29, 0.717) is 6.17 Å². The van der Waals surface area contributed by atoms with Gasteiger partial charge in [0.15, 0.2) is 0 Å². The number of morpholine rings is 2. The predicted molar refractivity (Wildman–Crippen MR) is 71.8 cm³/mol. The van der Waals surface area contributed by atoms with Gasteiger partial charge in [0, 0.05) is 44.1 Å². The van der Waals surface area contributed by atoms with Crippen LogP contribution in [-0.4, -0.2) is 67.4 Å². The first-order valence-corrected chi connectivity index (χ1v) is 6.99. The zero-order valence-electron chi connectivity index (χ0n) is 11.2. The Kier molecular flexibility index (Phi) is 4.40. The summed E-state index contributed by atoms with van der Waals surface area (Å²) in [5, 5.41) is 0. The van der Waals surface area contributed by atoms with Crippen molar-refractivity contribution in [1.29, 1.82) is 0 Å². The van der Waals surface area contributed by atoms with Gasteiger partial charge in [-0.2, -0.15) is 0 Å². The van der Waals surface area contributed by atoms with Crippen molar-refractivity contribution in [3.63, 3.8) is 0 Å². The minimum absolute atomic E-state index is 0.307. The largest absolute Gasteiger partial charge is 0.379 e. The van der Waals surface area contributed by atoms with Crippen molar-refractivity contribution in [3.05, 3.63) is 30.1 Å². The monoisotopic (exact) mass is 263 g/mol. The van der Waals surface area contributed by atoms with Crippen molar-refractivity contribution in [1.82, 2.24) is 14.8 Å². The lowest BCUT2D eigenvalue weighted by molar-refractivity contribution is -0.0677. The van der Waals surface area contributed by atoms with Gasteiger partial charge in [0.25, 0.3) is 0 Å². The first-order chi connectivity index (χ1) is 9.45. The number of pyridine rings is 1. The minimum atomic E-state index is 0.307. The first-order valence-electron chi connectivity index (χ1n) is 6.99. The number of nitrogens with zero attached hydrogens (tertiary/aromatic N) is 3. The molecule has 0 radical (unpaired) electrons. The summed E-state index contributed by atoms with van der Waals surface area (Å²) < 4.78 is 10.9. The SMILES string of the molecule is c1cncc(C(N2CCOCC2)N2CCOCC2)c1. The van der Waals surface area contributed by atoms with Crippen molar-refractivity contribution in [2.75, 3.05) is 52.6 Å². The number of rotatable bonds is 3. The van der Waals surface area contributed by atoms with Gasteiger partial charge >= 0.3 is 0 Å². The molecule has 0 N–H and O–H groups in total. The van der Waals surface area contributed by atoms with E-state index in [1.807, 2.05) is 18.5 Å². The molecule has 2 aliphatic rings. The second kappa shape index (κ2) is 6.43. The van der Waals surface area contributed by atoms with E-state index in [9.17, 15) is 0 Å². The highest BCUT2D eigenvalue weighted by Gasteiger charge is 2.29. The number of hydrogen-bond acceptors (Lipinski definition) is 5. The lowest BCUT2D eigenvalue weighted by atomic mass is 10.1. The molecular formula is C14H21N3O2. The first kappa shape index (κ1) is 13.0. The molecule has 0 aliphatic carbocycles. The van der Waals surface area contributed by atoms with E-state index in [1.165, 1.54) is 5.56 Å². The maximum absolute atomic E-state index is 5.47. The fourth-order valence-corrected chi connectivity index (χ4v) is 2.83. The maximum Gasteiger partial charge on any atom is 0.0904 e. The topological polar surface area (TPSA) is 37.8 Å². The molecule has 5 nitrogen and oxygen atoms in total. The van der Waals surface area contributed by atoms with Crippen LogP contribution in [0.5, 0.6) is 0 Å². The molecule has 2 aliphatic heterocycles. The van der Waals surface area contributed by atoms with E-state index in [2.05, 4.69) is 20.9 Å². The van der Waals surface area contributed by atoms with Crippen LogP contribution >= 0.6 is 0 Å². The molecule has 0 bridgehead atoms. The second-order valence-electron chi connectivity index (χ2n) is 4.96. The Balaban J connectivity index is 1.81. The van der Waals surface area contributed by atoms with Crippen LogP contribution in [0, 0.1) is 0 Å². The van der Waals surface area contributed by atoms with Crippen LogP contribution in [0.4, 0.5) is 0 Å². The smallest absolute Gasteiger partial charge is 0.0904 e. The Bertz CT molecular complexity index is 358. The summed E-state index contributed by atoms with van der Waals surface area (Å²) in [6.45, 7) is 7.21. The fourth-order valence-electron chi connectivity index (χ4n) is 2.83. The molecule has 0 aromatic carbocycles. The van der Waals surface area contributed by atoms with Gasteiger partial charge in [0.1, 0.15) is 0 Å². The number of hydrogen-bond donors (Lipinski definition) is 0. The Morgan fingerprint density at radius 2 is 1.53 bits per heavy atom. The minimum Gasteiger partial charge on any atom is -0.379 e.